The van der Waals surface area contributed by atoms with Crippen molar-refractivity contribution in [1.82, 2.24) is 30.7 Å². The van der Waals surface area contributed by atoms with E-state index >= 15 is 0 Å². The summed E-state index contributed by atoms with van der Waals surface area (Å²) in [6.45, 7) is 10.7. The summed E-state index contributed by atoms with van der Waals surface area (Å²) in [5, 5.41) is 8.83. The molecular weight excluding hydrogens is 745 g/mol. The Morgan fingerprint density at radius 2 is 1.83 bits per heavy atom. The van der Waals surface area contributed by atoms with Crippen molar-refractivity contribution in [3.63, 3.8) is 0 Å². The molecule has 310 valence electrons. The topological polar surface area (TPSA) is 178 Å². The normalized spacial score (nSPS) is 20.6. The maximum absolute atomic E-state index is 14.6. The highest BCUT2D eigenvalue weighted by molar-refractivity contribution is 5.97. The summed E-state index contributed by atoms with van der Waals surface area (Å²) in [6.07, 6.45) is 3.26. The number of likely N-dealkylation sites (N-methyl/N-ethyl adjacent to an activating group) is 1. The van der Waals surface area contributed by atoms with E-state index in [2.05, 4.69) is 22.5 Å². The quantitative estimate of drug-likeness (QED) is 0.108. The van der Waals surface area contributed by atoms with Crippen molar-refractivity contribution in [3.05, 3.63) is 79.4 Å². The van der Waals surface area contributed by atoms with Gasteiger partial charge in [0, 0.05) is 54.6 Å². The second-order valence-electron chi connectivity index (χ2n) is 15.6. The third-order valence-electron chi connectivity index (χ3n) is 9.69. The van der Waals surface area contributed by atoms with Gasteiger partial charge in [-0.25, -0.2) is 14.6 Å². The van der Waals surface area contributed by atoms with E-state index in [0.29, 0.717) is 34.6 Å². The molecule has 1 saturated carbocycles. The number of nitrogens with zero attached hydrogens (tertiary/aromatic N) is 3. The summed E-state index contributed by atoms with van der Waals surface area (Å²) in [7, 11) is 5.28. The van der Waals surface area contributed by atoms with E-state index in [4.69, 9.17) is 23.9 Å². The number of hydrogen-bond acceptors (Lipinski definition) is 11. The number of nitrogens with one attached hydrogen (secondary N) is 3. The SMILES string of the molecule is C=CC1CC1(NC(=O)C1CC(Oc2cc(-c3ccccc3)nc3cc(OC)ccc23)CN1C(=O)C(CNC(=O)C=CCN(C)C)NC(=O)OC(C)(C)C)C(=O)OCC. The van der Waals surface area contributed by atoms with Crippen LogP contribution in [0.25, 0.3) is 22.2 Å². The van der Waals surface area contributed by atoms with Crippen LogP contribution in [-0.2, 0) is 28.7 Å². The molecule has 2 heterocycles. The Morgan fingerprint density at radius 1 is 1.09 bits per heavy atom. The molecule has 5 rings (SSSR count). The smallest absolute Gasteiger partial charge is 0.408 e. The van der Waals surface area contributed by atoms with Gasteiger partial charge in [-0.15, -0.1) is 6.58 Å². The van der Waals surface area contributed by atoms with Crippen molar-refractivity contribution in [1.29, 1.82) is 0 Å². The van der Waals surface area contributed by atoms with Crippen LogP contribution in [0.1, 0.15) is 40.5 Å². The van der Waals surface area contributed by atoms with Crippen LogP contribution < -0.4 is 25.4 Å². The van der Waals surface area contributed by atoms with Gasteiger partial charge in [-0.1, -0.05) is 42.5 Å². The number of ether oxygens (including phenoxy) is 4. The van der Waals surface area contributed by atoms with E-state index in [1.165, 1.54) is 11.0 Å². The van der Waals surface area contributed by atoms with Gasteiger partial charge >= 0.3 is 12.1 Å². The fourth-order valence-electron chi connectivity index (χ4n) is 6.76. The summed E-state index contributed by atoms with van der Waals surface area (Å²) in [5.74, 6) is -1.69. The van der Waals surface area contributed by atoms with Gasteiger partial charge in [0.05, 0.1) is 31.5 Å². The van der Waals surface area contributed by atoms with Gasteiger partial charge in [-0.3, -0.25) is 14.4 Å². The molecule has 5 unspecified atom stereocenters. The molecule has 0 radical (unpaired) electrons. The Bertz CT molecular complexity index is 2030. The van der Waals surface area contributed by atoms with E-state index in [-0.39, 0.29) is 38.5 Å². The van der Waals surface area contributed by atoms with Gasteiger partial charge < -0.3 is 44.7 Å². The molecule has 58 heavy (non-hydrogen) atoms. The first-order valence-electron chi connectivity index (χ1n) is 19.3. The first-order chi connectivity index (χ1) is 27.6. The molecule has 5 atom stereocenters. The van der Waals surface area contributed by atoms with Crippen molar-refractivity contribution < 1.29 is 42.9 Å². The highest BCUT2D eigenvalue weighted by Crippen LogP contribution is 2.46. The van der Waals surface area contributed by atoms with Gasteiger partial charge in [0.15, 0.2) is 0 Å². The molecule has 3 aromatic rings. The van der Waals surface area contributed by atoms with Crippen LogP contribution in [0.5, 0.6) is 11.5 Å². The lowest BCUT2D eigenvalue weighted by Crippen LogP contribution is -2.58. The standard InChI is InChI=1S/C43H54N6O9/c1-9-28-24-43(28,40(53)56-10-2)47-38(51)35-22-30(57-36-23-32(27-15-12-11-13-16-27)45-33-21-29(55-8)18-19-31(33)36)26-49(35)39(52)34(46-41(54)58-42(3,4)5)25-44-37(50)17-14-20-48(6)7/h9,11-19,21,23,28,30,34-35H,1,10,20,22,24-26H2,2-8H3,(H,44,50)(H,46,54)(H,47,51). The lowest BCUT2D eigenvalue weighted by molar-refractivity contribution is -0.150. The molecule has 1 aliphatic heterocycles. The van der Waals surface area contributed by atoms with Crippen molar-refractivity contribution in [3.8, 4) is 22.8 Å². The molecule has 1 aliphatic carbocycles. The van der Waals surface area contributed by atoms with Crippen LogP contribution in [0, 0.1) is 5.92 Å². The number of methoxy groups -OCH3 is 1. The lowest BCUT2D eigenvalue weighted by atomic mass is 10.1. The molecule has 1 saturated heterocycles. The van der Waals surface area contributed by atoms with Crippen LogP contribution >= 0.6 is 0 Å². The first-order valence-corrected chi connectivity index (χ1v) is 19.3. The molecule has 15 nitrogen and oxygen atoms in total. The number of fused-ring (bicyclic) bond motifs is 1. The van der Waals surface area contributed by atoms with Gasteiger partial charge in [0.2, 0.25) is 17.7 Å². The molecule has 0 bridgehead atoms. The Hall–Kier alpha value is -5.96. The third-order valence-corrected chi connectivity index (χ3v) is 9.69. The molecule has 15 heteroatoms. The van der Waals surface area contributed by atoms with E-state index < -0.39 is 59.1 Å². The molecule has 4 amide bonds. The largest absolute Gasteiger partial charge is 0.497 e. The maximum atomic E-state index is 14.6. The zero-order valence-corrected chi connectivity index (χ0v) is 34.2. The lowest BCUT2D eigenvalue weighted by Gasteiger charge is -2.30. The summed E-state index contributed by atoms with van der Waals surface area (Å²) in [6, 6.07) is 14.3. The maximum Gasteiger partial charge on any atom is 0.408 e. The monoisotopic (exact) mass is 798 g/mol. The average Bonchev–Trinajstić information content (AvgIpc) is 3.74. The summed E-state index contributed by atoms with van der Waals surface area (Å²) >= 11 is 0. The molecular formula is C43H54N6O9. The number of carbonyl (C=O) groups excluding carboxylic acids is 5. The molecule has 2 aliphatic rings. The number of hydrogen-bond donors (Lipinski definition) is 3. The zero-order chi connectivity index (χ0) is 42.2. The van der Waals surface area contributed by atoms with Gasteiger partial charge in [0.25, 0.3) is 0 Å². The molecule has 0 spiro atoms. The minimum atomic E-state index is -1.35. The predicted molar refractivity (Wildman–Crippen MR) is 218 cm³/mol. The Kier molecular flexibility index (Phi) is 13.8. The average molecular weight is 799 g/mol. The van der Waals surface area contributed by atoms with Crippen molar-refractivity contribution in [2.45, 2.75) is 69.9 Å². The molecule has 1 aromatic heterocycles. The van der Waals surface area contributed by atoms with Crippen molar-refractivity contribution >= 4 is 40.7 Å². The van der Waals surface area contributed by atoms with Crippen LogP contribution in [0.15, 0.2) is 79.4 Å². The number of carbonyl (C=O) groups is 5. The Balaban J connectivity index is 1.50. The number of alkyl carbamates (subject to hydrolysis) is 1. The summed E-state index contributed by atoms with van der Waals surface area (Å²) in [5.41, 5.74) is -0.150. The van der Waals surface area contributed by atoms with Crippen LogP contribution in [0.2, 0.25) is 0 Å². The molecule has 2 fully saturated rings. The predicted octanol–water partition coefficient (Wildman–Crippen LogP) is 4.01. The number of pyridine rings is 1. The number of rotatable bonds is 16. The van der Waals surface area contributed by atoms with Crippen molar-refractivity contribution in [2.24, 2.45) is 5.92 Å². The van der Waals surface area contributed by atoms with Gasteiger partial charge in [-0.05, 0) is 60.3 Å². The van der Waals surface area contributed by atoms with Crippen LogP contribution in [-0.4, -0.2) is 121 Å². The van der Waals surface area contributed by atoms with Gasteiger partial charge in [-0.2, -0.15) is 0 Å². The summed E-state index contributed by atoms with van der Waals surface area (Å²) < 4.78 is 23.0. The number of aromatic nitrogens is 1. The van der Waals surface area contributed by atoms with Crippen LogP contribution in [0.4, 0.5) is 4.79 Å². The van der Waals surface area contributed by atoms with E-state index in [9.17, 15) is 24.0 Å². The summed E-state index contributed by atoms with van der Waals surface area (Å²) in [4.78, 5) is 76.1. The fourth-order valence-corrected chi connectivity index (χ4v) is 6.76. The second-order valence-corrected chi connectivity index (χ2v) is 15.6. The number of benzene rings is 2. The van der Waals surface area contributed by atoms with E-state index in [1.807, 2.05) is 61.5 Å². The number of amides is 4. The number of esters is 1. The molecule has 3 N–H and O–H groups in total. The molecule has 2 aromatic carbocycles. The minimum absolute atomic E-state index is 0.0225. The van der Waals surface area contributed by atoms with E-state index in [1.54, 1.807) is 59.1 Å². The first kappa shape index (κ1) is 43.2. The minimum Gasteiger partial charge on any atom is -0.497 e. The fraction of sp³-hybridized carbons (Fsp3) is 0.442. The van der Waals surface area contributed by atoms with Crippen LogP contribution in [0.3, 0.4) is 0 Å². The van der Waals surface area contributed by atoms with E-state index in [0.717, 1.165) is 5.56 Å². The number of likely N-dealkylation sites (tertiary alicyclic amines) is 1. The highest BCUT2D eigenvalue weighted by Gasteiger charge is 2.62. The highest BCUT2D eigenvalue weighted by atomic mass is 16.6. The van der Waals surface area contributed by atoms with Crippen molar-refractivity contribution in [2.75, 3.05) is 47.4 Å². The second kappa shape index (κ2) is 18.5. The Labute approximate surface area is 339 Å². The zero-order valence-electron chi connectivity index (χ0n) is 34.2. The Morgan fingerprint density at radius 3 is 2.47 bits per heavy atom. The van der Waals surface area contributed by atoms with Gasteiger partial charge in [0.1, 0.15) is 40.8 Å². The third kappa shape index (κ3) is 10.7.